The number of hydrogen-bond acceptors (Lipinski definition) is 5. The van der Waals surface area contributed by atoms with Gasteiger partial charge in [-0.2, -0.15) is 0 Å². The molecule has 160 valence electrons. The summed E-state index contributed by atoms with van der Waals surface area (Å²) in [5, 5.41) is 0. The van der Waals surface area contributed by atoms with Crippen molar-refractivity contribution in [2.75, 3.05) is 20.2 Å². The highest BCUT2D eigenvalue weighted by atomic mass is 16.5. The molecule has 0 radical (unpaired) electrons. The molecule has 31 heavy (non-hydrogen) atoms. The van der Waals surface area contributed by atoms with Crippen molar-refractivity contribution in [1.82, 2.24) is 19.9 Å². The fourth-order valence-corrected chi connectivity index (χ4v) is 4.04. The molecule has 3 heterocycles. The monoisotopic (exact) mass is 418 g/mol. The zero-order chi connectivity index (χ0) is 21.6. The number of ether oxygens (including phenoxy) is 1. The van der Waals surface area contributed by atoms with Crippen molar-refractivity contribution in [1.29, 1.82) is 0 Å². The molecule has 1 amide bonds. The first-order valence-corrected chi connectivity index (χ1v) is 10.6. The molecule has 7 heteroatoms. The summed E-state index contributed by atoms with van der Waals surface area (Å²) in [6.45, 7) is 1.33. The zero-order valence-corrected chi connectivity index (χ0v) is 17.6. The number of aromatic amines is 1. The molecule has 1 aliphatic rings. The summed E-state index contributed by atoms with van der Waals surface area (Å²) in [5.74, 6) is 1.78. The van der Waals surface area contributed by atoms with Crippen molar-refractivity contribution in [3.63, 3.8) is 0 Å². The number of benzene rings is 1. The first kappa shape index (κ1) is 20.8. The van der Waals surface area contributed by atoms with Gasteiger partial charge in [0.2, 0.25) is 5.91 Å². The number of likely N-dealkylation sites (tertiary alicyclic amines) is 1. The highest BCUT2D eigenvalue weighted by Crippen LogP contribution is 2.27. The maximum absolute atomic E-state index is 12.7. The topological polar surface area (TPSA) is 88.2 Å². The maximum atomic E-state index is 12.7. The van der Waals surface area contributed by atoms with Gasteiger partial charge in [-0.05, 0) is 43.0 Å². The van der Waals surface area contributed by atoms with E-state index in [0.29, 0.717) is 37.4 Å². The third-order valence-electron chi connectivity index (χ3n) is 5.75. The lowest BCUT2D eigenvalue weighted by Crippen LogP contribution is -2.38. The Morgan fingerprint density at radius 1 is 1.19 bits per heavy atom. The number of rotatable bonds is 6. The quantitative estimate of drug-likeness (QED) is 0.664. The summed E-state index contributed by atoms with van der Waals surface area (Å²) in [4.78, 5) is 38.5. The van der Waals surface area contributed by atoms with Crippen LogP contribution in [-0.4, -0.2) is 46.0 Å². The minimum absolute atomic E-state index is 0.127. The number of pyridine rings is 1. The molecular weight excluding hydrogens is 392 g/mol. The third-order valence-corrected chi connectivity index (χ3v) is 5.75. The fourth-order valence-electron chi connectivity index (χ4n) is 4.04. The minimum Gasteiger partial charge on any atom is -0.496 e. The maximum Gasteiger partial charge on any atom is 0.251 e. The van der Waals surface area contributed by atoms with E-state index in [9.17, 15) is 9.59 Å². The molecule has 1 aromatic carbocycles. The normalized spacial score (nSPS) is 14.4. The van der Waals surface area contributed by atoms with Crippen molar-refractivity contribution in [2.45, 2.75) is 31.6 Å². The summed E-state index contributed by atoms with van der Waals surface area (Å²) in [5.41, 5.74) is 2.32. The van der Waals surface area contributed by atoms with Gasteiger partial charge in [-0.3, -0.25) is 14.6 Å². The van der Waals surface area contributed by atoms with E-state index in [4.69, 9.17) is 4.74 Å². The van der Waals surface area contributed by atoms with Crippen LogP contribution in [0.4, 0.5) is 0 Å². The number of amides is 1. The van der Waals surface area contributed by atoms with E-state index >= 15 is 0 Å². The van der Waals surface area contributed by atoms with Gasteiger partial charge in [-0.1, -0.05) is 18.2 Å². The number of nitrogens with one attached hydrogen (secondary N) is 1. The van der Waals surface area contributed by atoms with Gasteiger partial charge in [0.05, 0.1) is 12.8 Å². The fraction of sp³-hybridized carbons (Fsp3) is 0.333. The van der Waals surface area contributed by atoms with Gasteiger partial charge in [0, 0.05) is 49.5 Å². The molecule has 0 spiro atoms. The smallest absolute Gasteiger partial charge is 0.251 e. The van der Waals surface area contributed by atoms with Gasteiger partial charge in [-0.25, -0.2) is 4.98 Å². The number of aryl methyl sites for hydroxylation is 1. The molecule has 0 unspecified atom stereocenters. The Morgan fingerprint density at radius 3 is 2.74 bits per heavy atom. The van der Waals surface area contributed by atoms with E-state index in [1.54, 1.807) is 19.5 Å². The van der Waals surface area contributed by atoms with Crippen molar-refractivity contribution in [2.24, 2.45) is 0 Å². The van der Waals surface area contributed by atoms with Crippen LogP contribution in [0.25, 0.3) is 11.3 Å². The van der Waals surface area contributed by atoms with Crippen molar-refractivity contribution >= 4 is 5.91 Å². The van der Waals surface area contributed by atoms with Crippen LogP contribution in [0, 0.1) is 0 Å². The van der Waals surface area contributed by atoms with Gasteiger partial charge in [0.1, 0.15) is 11.6 Å². The predicted molar refractivity (Wildman–Crippen MR) is 118 cm³/mol. The summed E-state index contributed by atoms with van der Waals surface area (Å²) in [6, 6.07) is 13.0. The molecule has 3 aromatic rings. The number of nitrogens with zero attached hydrogens (tertiary/aromatic N) is 3. The second-order valence-corrected chi connectivity index (χ2v) is 7.72. The van der Waals surface area contributed by atoms with E-state index in [1.165, 1.54) is 6.07 Å². The van der Waals surface area contributed by atoms with Crippen molar-refractivity contribution < 1.29 is 9.53 Å². The summed E-state index contributed by atoms with van der Waals surface area (Å²) in [7, 11) is 1.65. The molecule has 0 atom stereocenters. The van der Waals surface area contributed by atoms with Gasteiger partial charge in [-0.15, -0.1) is 0 Å². The lowest BCUT2D eigenvalue weighted by atomic mass is 9.95. The van der Waals surface area contributed by atoms with Crippen molar-refractivity contribution in [3.05, 3.63) is 76.6 Å². The van der Waals surface area contributed by atoms with E-state index in [2.05, 4.69) is 15.0 Å². The third kappa shape index (κ3) is 4.99. The first-order valence-electron chi connectivity index (χ1n) is 10.6. The van der Waals surface area contributed by atoms with Crippen LogP contribution in [0.15, 0.2) is 59.7 Å². The molecule has 0 saturated carbocycles. The average Bonchev–Trinajstić information content (AvgIpc) is 2.83. The number of aromatic nitrogens is 3. The molecule has 0 aliphatic carbocycles. The van der Waals surface area contributed by atoms with E-state index < -0.39 is 0 Å². The Balaban J connectivity index is 1.37. The molecule has 1 aliphatic heterocycles. The Bertz CT molecular complexity index is 1090. The number of piperidine rings is 1. The molecule has 1 N–H and O–H groups in total. The Morgan fingerprint density at radius 2 is 2.00 bits per heavy atom. The number of carbonyl (C=O) groups is 1. The molecular formula is C24H26N4O3. The van der Waals surface area contributed by atoms with Gasteiger partial charge in [0.15, 0.2) is 0 Å². The highest BCUT2D eigenvalue weighted by Gasteiger charge is 2.25. The summed E-state index contributed by atoms with van der Waals surface area (Å²) >= 11 is 0. The second kappa shape index (κ2) is 9.55. The Hall–Kier alpha value is -3.48. The summed E-state index contributed by atoms with van der Waals surface area (Å²) in [6.07, 6.45) is 6.06. The standard InChI is InChI=1S/C24H26N4O3/c1-31-21-7-3-2-5-17(21)8-9-23(30)28-13-10-18(11-14-28)24-26-20(15-22(29)27-24)19-6-4-12-25-16-19/h2-7,12,15-16,18H,8-11,13-14H2,1H3,(H,26,27,29). The second-order valence-electron chi connectivity index (χ2n) is 7.72. The van der Waals surface area contributed by atoms with Gasteiger partial charge < -0.3 is 14.6 Å². The van der Waals surface area contributed by atoms with Crippen LogP contribution >= 0.6 is 0 Å². The number of hydrogen-bond donors (Lipinski definition) is 1. The molecule has 1 saturated heterocycles. The molecule has 0 bridgehead atoms. The van der Waals surface area contributed by atoms with Crippen molar-refractivity contribution in [3.8, 4) is 17.0 Å². The molecule has 1 fully saturated rings. The summed E-state index contributed by atoms with van der Waals surface area (Å²) < 4.78 is 5.37. The van der Waals surface area contributed by atoms with E-state index in [-0.39, 0.29) is 17.4 Å². The first-order chi connectivity index (χ1) is 15.1. The SMILES string of the molecule is COc1ccccc1CCC(=O)N1CCC(c2nc(-c3cccnc3)cc(=O)[nH]2)CC1. The Kier molecular flexibility index (Phi) is 6.40. The van der Waals surface area contributed by atoms with Crippen LogP contribution in [0.5, 0.6) is 5.75 Å². The van der Waals surface area contributed by atoms with E-state index in [1.807, 2.05) is 41.3 Å². The van der Waals surface area contributed by atoms with Crippen LogP contribution < -0.4 is 10.3 Å². The number of methoxy groups -OCH3 is 1. The number of para-hydroxylation sites is 1. The Labute approximate surface area is 181 Å². The number of carbonyl (C=O) groups excluding carboxylic acids is 1. The lowest BCUT2D eigenvalue weighted by Gasteiger charge is -2.31. The van der Waals surface area contributed by atoms with E-state index in [0.717, 1.165) is 29.7 Å². The largest absolute Gasteiger partial charge is 0.496 e. The average molecular weight is 418 g/mol. The van der Waals surface area contributed by atoms with Crippen LogP contribution in [0.2, 0.25) is 0 Å². The van der Waals surface area contributed by atoms with Crippen LogP contribution in [-0.2, 0) is 11.2 Å². The van der Waals surface area contributed by atoms with Gasteiger partial charge >= 0.3 is 0 Å². The minimum atomic E-state index is -0.167. The molecule has 7 nitrogen and oxygen atoms in total. The lowest BCUT2D eigenvalue weighted by molar-refractivity contribution is -0.132. The molecule has 4 rings (SSSR count). The van der Waals surface area contributed by atoms with Crippen LogP contribution in [0.3, 0.4) is 0 Å². The zero-order valence-electron chi connectivity index (χ0n) is 17.6. The molecule has 2 aromatic heterocycles. The number of H-pyrrole nitrogens is 1. The highest BCUT2D eigenvalue weighted by molar-refractivity contribution is 5.76. The van der Waals surface area contributed by atoms with Gasteiger partial charge in [0.25, 0.3) is 5.56 Å². The van der Waals surface area contributed by atoms with Crippen LogP contribution in [0.1, 0.15) is 36.6 Å². The predicted octanol–water partition coefficient (Wildman–Crippen LogP) is 3.18.